The highest BCUT2D eigenvalue weighted by Crippen LogP contribution is 2.29. The summed E-state index contributed by atoms with van der Waals surface area (Å²) in [6.45, 7) is 3.57. The number of ether oxygens (including phenoxy) is 3. The van der Waals surface area contributed by atoms with Crippen molar-refractivity contribution < 1.29 is 33.4 Å². The van der Waals surface area contributed by atoms with Gasteiger partial charge in [0, 0.05) is 12.7 Å². The number of benzene rings is 2. The fraction of sp³-hybridized carbons (Fsp3) is 0.406. The molecule has 240 valence electrons. The van der Waals surface area contributed by atoms with Crippen molar-refractivity contribution in [3.63, 3.8) is 0 Å². The number of likely N-dealkylation sites (tertiary alicyclic amines) is 1. The Kier molecular flexibility index (Phi) is 10.9. The van der Waals surface area contributed by atoms with E-state index in [1.807, 2.05) is 30.3 Å². The van der Waals surface area contributed by atoms with Crippen molar-refractivity contribution in [2.24, 2.45) is 5.73 Å². The van der Waals surface area contributed by atoms with Crippen molar-refractivity contribution in [3.05, 3.63) is 78.2 Å². The third kappa shape index (κ3) is 8.46. The van der Waals surface area contributed by atoms with Crippen LogP contribution in [0.15, 0.2) is 67.1 Å². The molecular weight excluding hydrogens is 580 g/mol. The second-order valence-corrected chi connectivity index (χ2v) is 11.3. The summed E-state index contributed by atoms with van der Waals surface area (Å²) in [7, 11) is 2.84. The van der Waals surface area contributed by atoms with E-state index in [2.05, 4.69) is 15.6 Å². The number of carbonyl (C=O) groups is 4. The number of hydrogen-bond acceptors (Lipinski definition) is 9. The smallest absolute Gasteiger partial charge is 0.328 e. The molecule has 1 aromatic heterocycles. The number of aromatic nitrogens is 2. The lowest BCUT2D eigenvalue weighted by Gasteiger charge is -2.28. The molecule has 1 aliphatic heterocycles. The molecule has 0 radical (unpaired) electrons. The summed E-state index contributed by atoms with van der Waals surface area (Å²) in [5, 5.41) is 5.37. The van der Waals surface area contributed by atoms with Gasteiger partial charge in [0.1, 0.15) is 23.9 Å². The third-order valence-corrected chi connectivity index (χ3v) is 7.43. The predicted molar refractivity (Wildman–Crippen MR) is 165 cm³/mol. The minimum atomic E-state index is -1.23. The zero-order chi connectivity index (χ0) is 32.6. The Morgan fingerprint density at radius 3 is 2.42 bits per heavy atom. The van der Waals surface area contributed by atoms with E-state index in [0.717, 1.165) is 5.56 Å². The SMILES string of the molecule is COC(=O)[C@H]1CCCN1C(=O)C(c1ccc(OC)cc1)n1cnc(NC(=O)[C@@H](COCc2ccccc2)NC(=O)C(C)(C)N)c1. The van der Waals surface area contributed by atoms with E-state index in [1.165, 1.54) is 38.4 Å². The average molecular weight is 621 g/mol. The molecule has 3 aromatic rings. The zero-order valence-corrected chi connectivity index (χ0v) is 25.9. The van der Waals surface area contributed by atoms with Crippen molar-refractivity contribution in [1.29, 1.82) is 0 Å². The topological polar surface area (TPSA) is 167 Å². The van der Waals surface area contributed by atoms with Crippen LogP contribution in [-0.2, 0) is 35.3 Å². The normalized spacial score (nSPS) is 16.0. The standard InChI is InChI=1S/C32H40N6O7/c1-32(2,33)31(42)35-24(19-45-18-21-9-6-5-7-10-21)28(39)36-26-17-37(20-34-26)27(22-12-14-23(43-3)15-13-22)29(40)38-16-8-11-25(38)30(41)44-4/h5-7,9-10,12-15,17,20,24-25,27H,8,11,16,18-19,33H2,1-4H3,(H,35,42)(H,36,39)/t24-,25-,27?/m1/s1. The van der Waals surface area contributed by atoms with Crippen LogP contribution in [0, 0.1) is 0 Å². The number of amides is 3. The molecule has 4 N–H and O–H groups in total. The fourth-order valence-electron chi connectivity index (χ4n) is 4.95. The molecule has 0 aliphatic carbocycles. The highest BCUT2D eigenvalue weighted by atomic mass is 16.5. The van der Waals surface area contributed by atoms with E-state index in [-0.39, 0.29) is 24.9 Å². The van der Waals surface area contributed by atoms with Crippen molar-refractivity contribution >= 4 is 29.5 Å². The number of nitrogens with zero attached hydrogens (tertiary/aromatic N) is 3. The maximum Gasteiger partial charge on any atom is 0.328 e. The summed E-state index contributed by atoms with van der Waals surface area (Å²) < 4.78 is 17.5. The third-order valence-electron chi connectivity index (χ3n) is 7.43. The van der Waals surface area contributed by atoms with Crippen LogP contribution < -0.4 is 21.1 Å². The molecule has 2 aromatic carbocycles. The minimum Gasteiger partial charge on any atom is -0.497 e. The van der Waals surface area contributed by atoms with Crippen LogP contribution in [-0.4, -0.2) is 83.1 Å². The van der Waals surface area contributed by atoms with Crippen molar-refractivity contribution in [2.75, 3.05) is 32.7 Å². The molecule has 1 unspecified atom stereocenters. The van der Waals surface area contributed by atoms with Gasteiger partial charge in [-0.2, -0.15) is 0 Å². The first-order chi connectivity index (χ1) is 21.5. The quantitative estimate of drug-likeness (QED) is 0.242. The van der Waals surface area contributed by atoms with E-state index >= 15 is 0 Å². The Labute approximate surface area is 262 Å². The molecule has 45 heavy (non-hydrogen) atoms. The molecule has 1 aliphatic rings. The van der Waals surface area contributed by atoms with Gasteiger partial charge in [-0.1, -0.05) is 42.5 Å². The van der Waals surface area contributed by atoms with Crippen molar-refractivity contribution in [3.8, 4) is 5.75 Å². The first-order valence-corrected chi connectivity index (χ1v) is 14.6. The number of hydrogen-bond donors (Lipinski definition) is 3. The largest absolute Gasteiger partial charge is 0.497 e. The summed E-state index contributed by atoms with van der Waals surface area (Å²) in [4.78, 5) is 58.4. The summed E-state index contributed by atoms with van der Waals surface area (Å²) in [5.74, 6) is -1.16. The zero-order valence-electron chi connectivity index (χ0n) is 25.9. The molecule has 3 amide bonds. The molecule has 0 spiro atoms. The minimum absolute atomic E-state index is 0.125. The molecule has 2 heterocycles. The number of esters is 1. The van der Waals surface area contributed by atoms with E-state index < -0.39 is 41.4 Å². The number of imidazole rings is 1. The number of anilines is 1. The maximum atomic E-state index is 14.0. The number of nitrogens with two attached hydrogens (primary N) is 1. The first kappa shape index (κ1) is 33.1. The molecule has 0 bridgehead atoms. The van der Waals surface area contributed by atoms with E-state index in [1.54, 1.807) is 35.9 Å². The second kappa shape index (κ2) is 14.8. The van der Waals surface area contributed by atoms with E-state index in [0.29, 0.717) is 30.7 Å². The Balaban J connectivity index is 1.56. The lowest BCUT2D eigenvalue weighted by atomic mass is 10.0. The van der Waals surface area contributed by atoms with Crippen LogP contribution in [0.5, 0.6) is 5.75 Å². The molecule has 1 saturated heterocycles. The van der Waals surface area contributed by atoms with Gasteiger partial charge in [0.15, 0.2) is 5.82 Å². The molecular formula is C32H40N6O7. The number of nitrogens with one attached hydrogen (secondary N) is 2. The summed E-state index contributed by atoms with van der Waals surface area (Å²) in [5.41, 5.74) is 6.25. The Hall–Kier alpha value is -4.75. The van der Waals surface area contributed by atoms with Gasteiger partial charge in [-0.3, -0.25) is 14.4 Å². The van der Waals surface area contributed by atoms with E-state index in [4.69, 9.17) is 19.9 Å². The Morgan fingerprint density at radius 1 is 1.07 bits per heavy atom. The van der Waals surface area contributed by atoms with Crippen molar-refractivity contribution in [1.82, 2.24) is 19.8 Å². The van der Waals surface area contributed by atoms with Crippen LogP contribution in [0.3, 0.4) is 0 Å². The van der Waals surface area contributed by atoms with Gasteiger partial charge in [0.05, 0.1) is 39.3 Å². The number of methoxy groups -OCH3 is 2. The van der Waals surface area contributed by atoms with Crippen LogP contribution in [0.25, 0.3) is 0 Å². The van der Waals surface area contributed by atoms with Crippen LogP contribution in [0.1, 0.15) is 43.9 Å². The van der Waals surface area contributed by atoms with Gasteiger partial charge in [0.25, 0.3) is 11.8 Å². The van der Waals surface area contributed by atoms with Gasteiger partial charge < -0.3 is 40.0 Å². The summed E-state index contributed by atoms with van der Waals surface area (Å²) in [6.07, 6.45) is 4.10. The fourth-order valence-corrected chi connectivity index (χ4v) is 4.95. The second-order valence-electron chi connectivity index (χ2n) is 11.3. The lowest BCUT2D eigenvalue weighted by Crippen LogP contribution is -2.56. The number of rotatable bonds is 13. The summed E-state index contributed by atoms with van der Waals surface area (Å²) >= 11 is 0. The molecule has 13 heteroatoms. The van der Waals surface area contributed by atoms with Gasteiger partial charge in [-0.25, -0.2) is 9.78 Å². The van der Waals surface area contributed by atoms with Crippen LogP contribution in [0.2, 0.25) is 0 Å². The summed E-state index contributed by atoms with van der Waals surface area (Å²) in [6, 6.07) is 13.7. The van der Waals surface area contributed by atoms with Gasteiger partial charge in [-0.05, 0) is 49.9 Å². The van der Waals surface area contributed by atoms with Crippen molar-refractivity contribution in [2.45, 2.75) is 57.0 Å². The monoisotopic (exact) mass is 620 g/mol. The average Bonchev–Trinajstić information content (AvgIpc) is 3.71. The highest BCUT2D eigenvalue weighted by Gasteiger charge is 2.39. The molecule has 3 atom stereocenters. The molecule has 4 rings (SSSR count). The maximum absolute atomic E-state index is 14.0. The highest BCUT2D eigenvalue weighted by molar-refractivity contribution is 5.98. The lowest BCUT2D eigenvalue weighted by molar-refractivity contribution is -0.151. The first-order valence-electron chi connectivity index (χ1n) is 14.6. The Bertz CT molecular complexity index is 1470. The van der Waals surface area contributed by atoms with Gasteiger partial charge in [0.2, 0.25) is 5.91 Å². The Morgan fingerprint density at radius 2 is 1.78 bits per heavy atom. The predicted octanol–water partition coefficient (Wildman–Crippen LogP) is 2.02. The van der Waals surface area contributed by atoms with E-state index in [9.17, 15) is 19.2 Å². The van der Waals surface area contributed by atoms with Gasteiger partial charge in [-0.15, -0.1) is 0 Å². The van der Waals surface area contributed by atoms with Crippen LogP contribution in [0.4, 0.5) is 5.82 Å². The molecule has 1 fully saturated rings. The van der Waals surface area contributed by atoms with Crippen LogP contribution >= 0.6 is 0 Å². The molecule has 0 saturated carbocycles. The number of carbonyl (C=O) groups excluding carboxylic acids is 4. The van der Waals surface area contributed by atoms with Gasteiger partial charge >= 0.3 is 5.97 Å². The molecule has 13 nitrogen and oxygen atoms in total.